The summed E-state index contributed by atoms with van der Waals surface area (Å²) in [5.41, 5.74) is 5.88. The molecule has 0 bridgehead atoms. The second kappa shape index (κ2) is 7.06. The fourth-order valence-electron chi connectivity index (χ4n) is 0.741. The zero-order valence-electron chi connectivity index (χ0n) is 7.85. The molecule has 0 atom stereocenters. The third-order valence-electron chi connectivity index (χ3n) is 1.46. The van der Waals surface area contributed by atoms with E-state index in [-0.39, 0.29) is 0 Å². The third-order valence-corrected chi connectivity index (χ3v) is 3.91. The monoisotopic (exact) mass is 212 g/mol. The zero-order valence-corrected chi connectivity index (χ0v) is 9.75. The van der Waals surface area contributed by atoms with Gasteiger partial charge in [0.15, 0.2) is 0 Å². The second-order valence-corrected chi connectivity index (χ2v) is 7.11. The molecule has 4 nitrogen and oxygen atoms in total. The summed E-state index contributed by atoms with van der Waals surface area (Å²) < 4.78 is 0. The average molecular weight is 212 g/mol. The van der Waals surface area contributed by atoms with Crippen molar-refractivity contribution in [3.8, 4) is 0 Å². The molecule has 0 radical (unpaired) electrons. The Hall–Kier alpha value is 0.620. The predicted molar refractivity (Wildman–Crippen MR) is 61.5 cm³/mol. The van der Waals surface area contributed by atoms with Crippen LogP contribution in [0, 0.1) is 0 Å². The number of unbranched alkanes of at least 4 members (excludes halogenated alkanes) is 1. The second-order valence-electron chi connectivity index (χ2n) is 2.75. The molecule has 0 saturated carbocycles. The number of hydrogen-bond acceptors (Lipinski definition) is 5. The van der Waals surface area contributed by atoms with E-state index in [9.17, 15) is 0 Å². The van der Waals surface area contributed by atoms with Gasteiger partial charge in [-0.3, -0.25) is 0 Å². The standard InChI is InChI=1S/C6H21N4PS/c1-3-4-5-9-11(7,12)10-6-8-2/h8-12H,3-7H2,1-2H3. The SMILES string of the molecule is CCCCN[PH](N)(S)NCNC. The summed E-state index contributed by atoms with van der Waals surface area (Å²) in [7, 11) is 1.87. The Kier molecular flexibility index (Phi) is 7.43. The van der Waals surface area contributed by atoms with Crippen LogP contribution in [0.5, 0.6) is 0 Å². The van der Waals surface area contributed by atoms with Gasteiger partial charge in [0, 0.05) is 0 Å². The first-order chi connectivity index (χ1) is 5.62. The van der Waals surface area contributed by atoms with E-state index in [1.54, 1.807) is 0 Å². The van der Waals surface area contributed by atoms with Crippen molar-refractivity contribution in [1.82, 2.24) is 15.5 Å². The molecule has 5 N–H and O–H groups in total. The van der Waals surface area contributed by atoms with Gasteiger partial charge in [-0.15, -0.1) is 0 Å². The van der Waals surface area contributed by atoms with Gasteiger partial charge in [0.1, 0.15) is 0 Å². The molecule has 0 fully saturated rings. The molecule has 0 saturated heterocycles. The molecule has 0 aliphatic rings. The van der Waals surface area contributed by atoms with Crippen LogP contribution in [-0.2, 0) is 0 Å². The van der Waals surface area contributed by atoms with Crippen LogP contribution in [0.3, 0.4) is 0 Å². The molecule has 0 unspecified atom stereocenters. The van der Waals surface area contributed by atoms with Gasteiger partial charge < -0.3 is 0 Å². The summed E-state index contributed by atoms with van der Waals surface area (Å²) in [6, 6.07) is 0. The van der Waals surface area contributed by atoms with Crippen molar-refractivity contribution in [2.45, 2.75) is 19.8 Å². The Labute approximate surface area is 80.7 Å². The van der Waals surface area contributed by atoms with Gasteiger partial charge >= 0.3 is 80.2 Å². The van der Waals surface area contributed by atoms with Crippen molar-refractivity contribution in [2.75, 3.05) is 20.3 Å². The molecule has 0 heterocycles. The van der Waals surface area contributed by atoms with Gasteiger partial charge in [0.25, 0.3) is 0 Å². The molecule has 0 aromatic carbocycles. The normalized spacial score (nSPS) is 13.3. The molecule has 0 aliphatic heterocycles. The predicted octanol–water partition coefficient (Wildman–Crippen LogP) is 0.441. The van der Waals surface area contributed by atoms with Crippen LogP contribution in [0.2, 0.25) is 0 Å². The van der Waals surface area contributed by atoms with Gasteiger partial charge in [0.2, 0.25) is 0 Å². The summed E-state index contributed by atoms with van der Waals surface area (Å²) in [6.45, 7) is 1.67. The Morgan fingerprint density at radius 2 is 2.08 bits per heavy atom. The fourth-order valence-corrected chi connectivity index (χ4v) is 2.44. The van der Waals surface area contributed by atoms with Crippen LogP contribution in [0.15, 0.2) is 0 Å². The maximum atomic E-state index is 5.88. The van der Waals surface area contributed by atoms with Crippen molar-refractivity contribution in [1.29, 1.82) is 0 Å². The van der Waals surface area contributed by atoms with Crippen molar-refractivity contribution < 1.29 is 0 Å². The van der Waals surface area contributed by atoms with E-state index in [0.717, 1.165) is 13.0 Å². The van der Waals surface area contributed by atoms with Gasteiger partial charge in [-0.2, -0.15) is 0 Å². The maximum absolute atomic E-state index is 5.88. The van der Waals surface area contributed by atoms with E-state index in [0.29, 0.717) is 6.67 Å². The van der Waals surface area contributed by atoms with E-state index in [2.05, 4.69) is 34.7 Å². The third kappa shape index (κ3) is 7.28. The van der Waals surface area contributed by atoms with Crippen LogP contribution >= 0.6 is 19.2 Å². The Morgan fingerprint density at radius 1 is 1.42 bits per heavy atom. The molecule has 0 spiro atoms. The molecule has 0 aromatic heterocycles. The van der Waals surface area contributed by atoms with Crippen LogP contribution in [-0.4, -0.2) is 20.3 Å². The van der Waals surface area contributed by atoms with Crippen molar-refractivity contribution >= 4 is 19.2 Å². The number of thiol groups is 1. The van der Waals surface area contributed by atoms with E-state index < -0.39 is 6.92 Å². The molecular weight excluding hydrogens is 191 g/mol. The fraction of sp³-hybridized carbons (Fsp3) is 1.00. The van der Waals surface area contributed by atoms with Gasteiger partial charge in [-0.1, -0.05) is 0 Å². The van der Waals surface area contributed by atoms with Gasteiger partial charge in [0.05, 0.1) is 0 Å². The molecule has 0 aliphatic carbocycles. The van der Waals surface area contributed by atoms with Gasteiger partial charge in [-0.05, 0) is 0 Å². The summed E-state index contributed by atoms with van der Waals surface area (Å²) in [5.74, 6) is 0. The van der Waals surface area contributed by atoms with Crippen molar-refractivity contribution in [2.24, 2.45) is 5.50 Å². The van der Waals surface area contributed by atoms with E-state index in [4.69, 9.17) is 5.50 Å². The molecular formula is C6H21N4PS. The van der Waals surface area contributed by atoms with E-state index >= 15 is 0 Å². The van der Waals surface area contributed by atoms with Crippen LogP contribution in [0.25, 0.3) is 0 Å². The molecule has 12 heavy (non-hydrogen) atoms. The van der Waals surface area contributed by atoms with Crippen LogP contribution in [0.4, 0.5) is 0 Å². The molecule has 0 rings (SSSR count). The minimum atomic E-state index is -2.13. The van der Waals surface area contributed by atoms with Crippen LogP contribution in [0.1, 0.15) is 19.8 Å². The number of nitrogens with one attached hydrogen (secondary N) is 3. The van der Waals surface area contributed by atoms with Gasteiger partial charge in [-0.25, -0.2) is 0 Å². The summed E-state index contributed by atoms with van der Waals surface area (Å²) >= 11 is 4.35. The first kappa shape index (κ1) is 12.6. The Bertz CT molecular complexity index is 112. The van der Waals surface area contributed by atoms with Crippen molar-refractivity contribution in [3.05, 3.63) is 0 Å². The van der Waals surface area contributed by atoms with E-state index in [1.807, 2.05) is 7.05 Å². The topological polar surface area (TPSA) is 62.1 Å². The molecule has 0 amide bonds. The quantitative estimate of drug-likeness (QED) is 0.184. The van der Waals surface area contributed by atoms with Crippen molar-refractivity contribution in [3.63, 3.8) is 0 Å². The Morgan fingerprint density at radius 3 is 2.58 bits per heavy atom. The molecule has 6 heteroatoms. The zero-order chi connectivity index (χ0) is 9.45. The first-order valence-electron chi connectivity index (χ1n) is 4.28. The number of hydrogen-bond donors (Lipinski definition) is 5. The average Bonchev–Trinajstić information content (AvgIpc) is 2.01. The molecule has 0 aromatic rings. The number of rotatable bonds is 7. The summed E-state index contributed by atoms with van der Waals surface area (Å²) in [6.07, 6.45) is 2.32. The van der Waals surface area contributed by atoms with Crippen LogP contribution < -0.4 is 21.0 Å². The summed E-state index contributed by atoms with van der Waals surface area (Å²) in [4.78, 5) is 0. The van der Waals surface area contributed by atoms with E-state index in [1.165, 1.54) is 6.42 Å². The minimum absolute atomic E-state index is 0.700. The number of nitrogens with two attached hydrogens (primary N) is 1. The molecule has 76 valence electrons. The Balaban J connectivity index is 3.42. The first-order valence-corrected chi connectivity index (χ1v) is 7.65. The summed E-state index contributed by atoms with van der Waals surface area (Å²) in [5, 5.41) is 9.32.